The quantitative estimate of drug-likeness (QED) is 0.773. The molecular weight excluding hydrogens is 236 g/mol. The highest BCUT2D eigenvalue weighted by Gasteiger charge is 2.53. The van der Waals surface area contributed by atoms with Crippen LogP contribution in [0.4, 0.5) is 0 Å². The fourth-order valence-electron chi connectivity index (χ4n) is 3.76. The van der Waals surface area contributed by atoms with E-state index in [0.717, 1.165) is 25.6 Å². The molecule has 1 heterocycles. The zero-order chi connectivity index (χ0) is 13.3. The van der Waals surface area contributed by atoms with Crippen LogP contribution in [0, 0.1) is 23.2 Å². The average Bonchev–Trinajstić information content (AvgIpc) is 3.29. The summed E-state index contributed by atoms with van der Waals surface area (Å²) in [5.41, 5.74) is 0.533. The summed E-state index contributed by atoms with van der Waals surface area (Å²) in [5, 5.41) is 6.66. The highest BCUT2D eigenvalue weighted by atomic mass is 16.1. The molecule has 0 aromatic heterocycles. The van der Waals surface area contributed by atoms with Crippen LogP contribution in [-0.4, -0.2) is 25.5 Å². The normalized spacial score (nSPS) is 30.7. The molecule has 0 aromatic carbocycles. The van der Waals surface area contributed by atoms with Gasteiger partial charge in [-0.2, -0.15) is 0 Å². The Labute approximate surface area is 116 Å². The summed E-state index contributed by atoms with van der Waals surface area (Å²) in [6, 6.07) is 0. The standard InChI is InChI=1S/C16H28N2O/c1-12(13-3-2-8-17-10-13)9-15(19)18-11-16(6-7-16)14-4-5-14/h12-14,17H,2-11H2,1H3,(H,18,19). The molecule has 1 amide bonds. The summed E-state index contributed by atoms with van der Waals surface area (Å²) in [6.07, 6.45) is 8.77. The summed E-state index contributed by atoms with van der Waals surface area (Å²) in [5.74, 6) is 2.43. The van der Waals surface area contributed by atoms with E-state index in [9.17, 15) is 4.79 Å². The molecule has 0 bridgehead atoms. The van der Waals surface area contributed by atoms with E-state index in [2.05, 4.69) is 17.6 Å². The average molecular weight is 264 g/mol. The Morgan fingerprint density at radius 3 is 2.74 bits per heavy atom. The molecule has 0 spiro atoms. The lowest BCUT2D eigenvalue weighted by atomic mass is 9.85. The van der Waals surface area contributed by atoms with E-state index >= 15 is 0 Å². The van der Waals surface area contributed by atoms with Crippen LogP contribution in [0.3, 0.4) is 0 Å². The maximum atomic E-state index is 12.1. The molecule has 2 aliphatic carbocycles. The van der Waals surface area contributed by atoms with E-state index in [4.69, 9.17) is 0 Å². The Balaban J connectivity index is 1.38. The second-order valence-corrected chi connectivity index (χ2v) is 7.20. The second-order valence-electron chi connectivity index (χ2n) is 7.20. The van der Waals surface area contributed by atoms with Gasteiger partial charge < -0.3 is 10.6 Å². The minimum absolute atomic E-state index is 0.282. The topological polar surface area (TPSA) is 41.1 Å². The largest absolute Gasteiger partial charge is 0.356 e. The molecule has 19 heavy (non-hydrogen) atoms. The van der Waals surface area contributed by atoms with Gasteiger partial charge in [0.25, 0.3) is 0 Å². The summed E-state index contributed by atoms with van der Waals surface area (Å²) in [6.45, 7) is 5.44. The van der Waals surface area contributed by atoms with Crippen molar-refractivity contribution in [3.05, 3.63) is 0 Å². The third-order valence-corrected chi connectivity index (χ3v) is 5.62. The first kappa shape index (κ1) is 13.4. The molecule has 2 N–H and O–H groups in total. The summed E-state index contributed by atoms with van der Waals surface area (Å²) in [4.78, 5) is 12.1. The van der Waals surface area contributed by atoms with Crippen LogP contribution in [0.15, 0.2) is 0 Å². The van der Waals surface area contributed by atoms with Gasteiger partial charge in [-0.1, -0.05) is 6.92 Å². The predicted octanol–water partition coefficient (Wildman–Crippen LogP) is 2.32. The molecule has 2 saturated carbocycles. The van der Waals surface area contributed by atoms with Crippen molar-refractivity contribution in [1.29, 1.82) is 0 Å². The van der Waals surface area contributed by atoms with Crippen LogP contribution < -0.4 is 10.6 Å². The Morgan fingerprint density at radius 2 is 2.16 bits per heavy atom. The minimum Gasteiger partial charge on any atom is -0.356 e. The van der Waals surface area contributed by atoms with Gasteiger partial charge in [-0.25, -0.2) is 0 Å². The van der Waals surface area contributed by atoms with Crippen molar-refractivity contribution in [3.8, 4) is 0 Å². The van der Waals surface area contributed by atoms with Crippen molar-refractivity contribution in [1.82, 2.24) is 10.6 Å². The summed E-state index contributed by atoms with van der Waals surface area (Å²) < 4.78 is 0. The highest BCUT2D eigenvalue weighted by Crippen LogP contribution is 2.60. The molecular formula is C16H28N2O. The highest BCUT2D eigenvalue weighted by molar-refractivity contribution is 5.76. The smallest absolute Gasteiger partial charge is 0.220 e. The first-order valence-electron chi connectivity index (χ1n) is 8.17. The number of carbonyl (C=O) groups is 1. The van der Waals surface area contributed by atoms with Gasteiger partial charge in [0.1, 0.15) is 0 Å². The number of hydrogen-bond acceptors (Lipinski definition) is 2. The van der Waals surface area contributed by atoms with E-state index in [-0.39, 0.29) is 5.91 Å². The number of piperidine rings is 1. The molecule has 2 unspecified atom stereocenters. The third kappa shape index (κ3) is 3.31. The summed E-state index contributed by atoms with van der Waals surface area (Å²) in [7, 11) is 0. The van der Waals surface area contributed by atoms with Crippen LogP contribution >= 0.6 is 0 Å². The lowest BCUT2D eigenvalue weighted by molar-refractivity contribution is -0.122. The van der Waals surface area contributed by atoms with Crippen LogP contribution in [0.25, 0.3) is 0 Å². The Morgan fingerprint density at radius 1 is 1.37 bits per heavy atom. The molecule has 3 aliphatic rings. The molecule has 3 nitrogen and oxygen atoms in total. The first-order chi connectivity index (χ1) is 9.20. The van der Waals surface area contributed by atoms with Gasteiger partial charge in [0, 0.05) is 13.0 Å². The molecule has 3 fully saturated rings. The lowest BCUT2D eigenvalue weighted by Crippen LogP contribution is -2.37. The lowest BCUT2D eigenvalue weighted by Gasteiger charge is -2.28. The maximum absolute atomic E-state index is 12.1. The van der Waals surface area contributed by atoms with Gasteiger partial charge >= 0.3 is 0 Å². The predicted molar refractivity (Wildman–Crippen MR) is 76.8 cm³/mol. The maximum Gasteiger partial charge on any atom is 0.220 e. The van der Waals surface area contributed by atoms with Crippen LogP contribution in [0.5, 0.6) is 0 Å². The molecule has 2 atom stereocenters. The van der Waals surface area contributed by atoms with Gasteiger partial charge in [0.2, 0.25) is 5.91 Å². The summed E-state index contributed by atoms with van der Waals surface area (Å²) >= 11 is 0. The van der Waals surface area contributed by atoms with E-state index < -0.39 is 0 Å². The Hall–Kier alpha value is -0.570. The number of carbonyl (C=O) groups excluding carboxylic acids is 1. The van der Waals surface area contributed by atoms with Crippen LogP contribution in [0.2, 0.25) is 0 Å². The van der Waals surface area contributed by atoms with Gasteiger partial charge in [-0.3, -0.25) is 4.79 Å². The van der Waals surface area contributed by atoms with Crippen molar-refractivity contribution >= 4 is 5.91 Å². The fraction of sp³-hybridized carbons (Fsp3) is 0.938. The van der Waals surface area contributed by atoms with Gasteiger partial charge in [0.15, 0.2) is 0 Å². The third-order valence-electron chi connectivity index (χ3n) is 5.62. The van der Waals surface area contributed by atoms with Crippen molar-refractivity contribution < 1.29 is 4.79 Å². The second kappa shape index (κ2) is 5.43. The molecule has 1 aliphatic heterocycles. The van der Waals surface area contributed by atoms with Crippen molar-refractivity contribution in [2.45, 2.75) is 51.9 Å². The van der Waals surface area contributed by atoms with E-state index in [1.807, 2.05) is 0 Å². The molecule has 1 saturated heterocycles. The van der Waals surface area contributed by atoms with Crippen molar-refractivity contribution in [2.24, 2.45) is 23.2 Å². The Bertz CT molecular complexity index is 328. The molecule has 3 heteroatoms. The number of amides is 1. The molecule has 0 aromatic rings. The van der Waals surface area contributed by atoms with Crippen LogP contribution in [-0.2, 0) is 4.79 Å². The van der Waals surface area contributed by atoms with E-state index in [0.29, 0.717) is 23.7 Å². The number of rotatable bonds is 6. The van der Waals surface area contributed by atoms with Gasteiger partial charge in [-0.05, 0) is 74.8 Å². The zero-order valence-electron chi connectivity index (χ0n) is 12.2. The van der Waals surface area contributed by atoms with E-state index in [1.165, 1.54) is 38.5 Å². The number of nitrogens with one attached hydrogen (secondary N) is 2. The zero-order valence-corrected chi connectivity index (χ0v) is 12.2. The van der Waals surface area contributed by atoms with E-state index in [1.54, 1.807) is 0 Å². The van der Waals surface area contributed by atoms with Crippen molar-refractivity contribution in [2.75, 3.05) is 19.6 Å². The molecule has 3 rings (SSSR count). The first-order valence-corrected chi connectivity index (χ1v) is 8.17. The minimum atomic E-state index is 0.282. The fourth-order valence-corrected chi connectivity index (χ4v) is 3.76. The number of hydrogen-bond donors (Lipinski definition) is 2. The SMILES string of the molecule is CC(CC(=O)NCC1(C2CC2)CC1)C1CCCNC1. The van der Waals surface area contributed by atoms with Gasteiger partial charge in [0.05, 0.1) is 0 Å². The monoisotopic (exact) mass is 264 g/mol. The Kier molecular flexibility index (Phi) is 3.84. The van der Waals surface area contributed by atoms with Crippen LogP contribution in [0.1, 0.15) is 51.9 Å². The molecule has 0 radical (unpaired) electrons. The molecule has 108 valence electrons. The van der Waals surface area contributed by atoms with Crippen molar-refractivity contribution in [3.63, 3.8) is 0 Å². The van der Waals surface area contributed by atoms with Gasteiger partial charge in [-0.15, -0.1) is 0 Å².